The number of amides is 1. The standard InChI is InChI=1S/C56H109NO5/c1-4-7-10-13-16-19-22-25-27-30-32-35-38-41-44-47-52(62-56(61)49-46-43-40-37-34-29-24-21-18-15-12-9-6-3)50-55(60)57-53(51-58)54(59)48-45-42-39-36-33-31-28-26-23-20-17-14-11-8-5-2/h25,27,52-54,58-59H,4-24,26,28-51H2,1-3H3,(H,57,60)/b27-25+. The second-order valence-electron chi connectivity index (χ2n) is 19.3. The van der Waals surface area contributed by atoms with E-state index in [2.05, 4.69) is 38.2 Å². The molecule has 0 aromatic heterocycles. The van der Waals surface area contributed by atoms with Crippen molar-refractivity contribution in [3.05, 3.63) is 12.2 Å². The lowest BCUT2D eigenvalue weighted by Gasteiger charge is -2.24. The van der Waals surface area contributed by atoms with Gasteiger partial charge >= 0.3 is 5.97 Å². The molecule has 0 aromatic rings. The van der Waals surface area contributed by atoms with E-state index in [9.17, 15) is 19.8 Å². The summed E-state index contributed by atoms with van der Waals surface area (Å²) in [7, 11) is 0. The molecule has 0 aliphatic rings. The Morgan fingerprint density at radius 3 is 1.15 bits per heavy atom. The second-order valence-corrected chi connectivity index (χ2v) is 19.3. The smallest absolute Gasteiger partial charge is 0.306 e. The number of ether oxygens (including phenoxy) is 1. The first-order chi connectivity index (χ1) is 30.5. The van der Waals surface area contributed by atoms with Gasteiger partial charge in [-0.25, -0.2) is 0 Å². The maximum atomic E-state index is 13.2. The quantitative estimate of drug-likeness (QED) is 0.0321. The van der Waals surface area contributed by atoms with E-state index in [-0.39, 0.29) is 24.9 Å². The van der Waals surface area contributed by atoms with Gasteiger partial charge in [0, 0.05) is 6.42 Å². The summed E-state index contributed by atoms with van der Waals surface area (Å²) in [6.07, 6.45) is 57.0. The zero-order valence-electron chi connectivity index (χ0n) is 42.0. The van der Waals surface area contributed by atoms with Gasteiger partial charge in [0.25, 0.3) is 0 Å². The zero-order valence-corrected chi connectivity index (χ0v) is 42.0. The van der Waals surface area contributed by atoms with Gasteiger partial charge in [0.15, 0.2) is 0 Å². The largest absolute Gasteiger partial charge is 0.462 e. The van der Waals surface area contributed by atoms with Crippen molar-refractivity contribution in [3.8, 4) is 0 Å². The van der Waals surface area contributed by atoms with Crippen molar-refractivity contribution < 1.29 is 24.5 Å². The number of aliphatic hydroxyl groups excluding tert-OH is 2. The summed E-state index contributed by atoms with van der Waals surface area (Å²) in [5, 5.41) is 23.9. The van der Waals surface area contributed by atoms with Gasteiger partial charge in [0.05, 0.1) is 25.2 Å². The molecule has 0 aliphatic carbocycles. The van der Waals surface area contributed by atoms with Crippen LogP contribution in [-0.4, -0.2) is 46.9 Å². The van der Waals surface area contributed by atoms with Gasteiger partial charge in [-0.05, 0) is 51.4 Å². The molecule has 0 fully saturated rings. The monoisotopic (exact) mass is 876 g/mol. The van der Waals surface area contributed by atoms with Crippen LogP contribution in [-0.2, 0) is 14.3 Å². The number of aliphatic hydroxyl groups is 2. The van der Waals surface area contributed by atoms with Crippen molar-refractivity contribution in [2.75, 3.05) is 6.61 Å². The summed E-state index contributed by atoms with van der Waals surface area (Å²) < 4.78 is 5.95. The minimum atomic E-state index is -0.784. The van der Waals surface area contributed by atoms with Crippen LogP contribution in [0.4, 0.5) is 0 Å². The first-order valence-corrected chi connectivity index (χ1v) is 27.9. The number of hydrogen-bond acceptors (Lipinski definition) is 5. The lowest BCUT2D eigenvalue weighted by atomic mass is 10.0. The predicted octanol–water partition coefficient (Wildman–Crippen LogP) is 16.9. The molecule has 3 unspecified atom stereocenters. The van der Waals surface area contributed by atoms with Crippen LogP contribution in [0.3, 0.4) is 0 Å². The molecule has 62 heavy (non-hydrogen) atoms. The van der Waals surface area contributed by atoms with Crippen LogP contribution in [0.25, 0.3) is 0 Å². The number of allylic oxidation sites excluding steroid dienone is 2. The predicted molar refractivity (Wildman–Crippen MR) is 269 cm³/mol. The third-order valence-corrected chi connectivity index (χ3v) is 13.1. The number of nitrogens with one attached hydrogen (secondary N) is 1. The fourth-order valence-corrected chi connectivity index (χ4v) is 8.84. The number of esters is 1. The molecule has 0 spiro atoms. The van der Waals surface area contributed by atoms with Gasteiger partial charge < -0.3 is 20.3 Å². The summed E-state index contributed by atoms with van der Waals surface area (Å²) in [6.45, 7) is 6.51. The maximum Gasteiger partial charge on any atom is 0.306 e. The Morgan fingerprint density at radius 2 is 0.774 bits per heavy atom. The Bertz CT molecular complexity index is 939. The molecule has 6 heteroatoms. The highest BCUT2D eigenvalue weighted by molar-refractivity contribution is 5.77. The van der Waals surface area contributed by atoms with E-state index in [4.69, 9.17) is 4.74 Å². The van der Waals surface area contributed by atoms with Crippen LogP contribution >= 0.6 is 0 Å². The van der Waals surface area contributed by atoms with Crippen LogP contribution in [0.1, 0.15) is 310 Å². The third-order valence-electron chi connectivity index (χ3n) is 13.1. The summed E-state index contributed by atoms with van der Waals surface area (Å²) in [4.78, 5) is 26.2. The van der Waals surface area contributed by atoms with Gasteiger partial charge in [0.2, 0.25) is 5.91 Å². The summed E-state index contributed by atoms with van der Waals surface area (Å²) in [6, 6.07) is -0.698. The lowest BCUT2D eigenvalue weighted by molar-refractivity contribution is -0.151. The van der Waals surface area contributed by atoms with Crippen LogP contribution in [0, 0.1) is 0 Å². The van der Waals surface area contributed by atoms with Crippen molar-refractivity contribution >= 4 is 11.9 Å². The lowest BCUT2D eigenvalue weighted by Crippen LogP contribution is -2.46. The molecular weight excluding hydrogens is 767 g/mol. The number of hydrogen-bond donors (Lipinski definition) is 3. The summed E-state index contributed by atoms with van der Waals surface area (Å²) >= 11 is 0. The summed E-state index contributed by atoms with van der Waals surface area (Å²) in [5.74, 6) is -0.461. The maximum absolute atomic E-state index is 13.2. The Labute approximate surface area is 387 Å². The van der Waals surface area contributed by atoms with Crippen LogP contribution in [0.2, 0.25) is 0 Å². The number of rotatable bonds is 51. The van der Waals surface area contributed by atoms with E-state index in [0.29, 0.717) is 19.3 Å². The number of unbranched alkanes of at least 4 members (excludes halogenated alkanes) is 37. The fraction of sp³-hybridized carbons (Fsp3) is 0.929. The highest BCUT2D eigenvalue weighted by Gasteiger charge is 2.24. The molecule has 0 saturated carbocycles. The average Bonchev–Trinajstić information content (AvgIpc) is 3.26. The van der Waals surface area contributed by atoms with E-state index in [0.717, 1.165) is 57.8 Å². The zero-order chi connectivity index (χ0) is 45.2. The summed E-state index contributed by atoms with van der Waals surface area (Å²) in [5.41, 5.74) is 0. The molecule has 0 radical (unpaired) electrons. The Morgan fingerprint density at radius 1 is 0.452 bits per heavy atom. The molecule has 3 N–H and O–H groups in total. The second kappa shape index (κ2) is 50.6. The minimum absolute atomic E-state index is 0.0793. The van der Waals surface area contributed by atoms with Crippen LogP contribution in [0.5, 0.6) is 0 Å². The van der Waals surface area contributed by atoms with Crippen LogP contribution in [0.15, 0.2) is 12.2 Å². The van der Waals surface area contributed by atoms with E-state index in [1.807, 2.05) is 0 Å². The molecule has 0 saturated heterocycles. The molecule has 6 nitrogen and oxygen atoms in total. The van der Waals surface area contributed by atoms with Gasteiger partial charge in [-0.15, -0.1) is 0 Å². The van der Waals surface area contributed by atoms with Crippen molar-refractivity contribution in [3.63, 3.8) is 0 Å². The molecule has 0 heterocycles. The van der Waals surface area contributed by atoms with Crippen molar-refractivity contribution in [1.82, 2.24) is 5.32 Å². The molecule has 3 atom stereocenters. The highest BCUT2D eigenvalue weighted by atomic mass is 16.5. The average molecular weight is 876 g/mol. The first kappa shape index (κ1) is 60.6. The van der Waals surface area contributed by atoms with E-state index in [1.165, 1.54) is 205 Å². The number of carbonyl (C=O) groups is 2. The molecule has 0 rings (SSSR count). The highest BCUT2D eigenvalue weighted by Crippen LogP contribution is 2.19. The van der Waals surface area contributed by atoms with Gasteiger partial charge in [0.1, 0.15) is 6.10 Å². The number of carbonyl (C=O) groups excluding carboxylic acids is 2. The minimum Gasteiger partial charge on any atom is -0.462 e. The SMILES string of the molecule is CCCCCCCC/C=C/CCCCCCCC(CC(=O)NC(CO)C(O)CCCCCCCCCCCCCCCCC)OC(=O)CCCCCCCCCCCCCCC. The normalized spacial score (nSPS) is 13.2. The van der Waals surface area contributed by atoms with Crippen molar-refractivity contribution in [1.29, 1.82) is 0 Å². The van der Waals surface area contributed by atoms with Gasteiger partial charge in [-0.3, -0.25) is 9.59 Å². The molecular formula is C56H109NO5. The third kappa shape index (κ3) is 45.2. The van der Waals surface area contributed by atoms with Crippen molar-refractivity contribution in [2.24, 2.45) is 0 Å². The van der Waals surface area contributed by atoms with Gasteiger partial charge in [-0.2, -0.15) is 0 Å². The molecule has 1 amide bonds. The Kier molecular flexibility index (Phi) is 49.5. The molecule has 0 bridgehead atoms. The molecule has 0 aliphatic heterocycles. The Balaban J connectivity index is 4.52. The van der Waals surface area contributed by atoms with E-state index >= 15 is 0 Å². The van der Waals surface area contributed by atoms with E-state index < -0.39 is 18.2 Å². The van der Waals surface area contributed by atoms with Crippen LogP contribution < -0.4 is 5.32 Å². The fourth-order valence-electron chi connectivity index (χ4n) is 8.84. The molecule has 0 aromatic carbocycles. The first-order valence-electron chi connectivity index (χ1n) is 27.9. The van der Waals surface area contributed by atoms with Gasteiger partial charge in [-0.1, -0.05) is 258 Å². The van der Waals surface area contributed by atoms with E-state index in [1.54, 1.807) is 0 Å². The topological polar surface area (TPSA) is 95.9 Å². The van der Waals surface area contributed by atoms with Crippen molar-refractivity contribution in [2.45, 2.75) is 328 Å². The Hall–Kier alpha value is -1.40. The molecule has 368 valence electrons.